The lowest BCUT2D eigenvalue weighted by Crippen LogP contribution is -2.02. The third kappa shape index (κ3) is 10.7. The first kappa shape index (κ1) is 13.8. The molecular formula is C10H20S3. The lowest BCUT2D eigenvalue weighted by Gasteiger charge is -2.02. The van der Waals surface area contributed by atoms with Crippen LogP contribution in [0.3, 0.4) is 0 Å². The molecule has 0 aromatic heterocycles. The Kier molecular flexibility index (Phi) is 11.5. The predicted molar refractivity (Wildman–Crippen MR) is 72.4 cm³/mol. The SMILES string of the molecule is CCCCCC=CSCC(S)CS. The molecule has 1 atom stereocenters. The quantitative estimate of drug-likeness (QED) is 0.474. The van der Waals surface area contributed by atoms with Crippen LogP contribution in [0.15, 0.2) is 11.5 Å². The van der Waals surface area contributed by atoms with Crippen molar-refractivity contribution in [2.45, 2.75) is 37.9 Å². The van der Waals surface area contributed by atoms with Crippen molar-refractivity contribution in [3.63, 3.8) is 0 Å². The first-order chi connectivity index (χ1) is 6.31. The molecule has 0 nitrogen and oxygen atoms in total. The van der Waals surface area contributed by atoms with Gasteiger partial charge in [-0.25, -0.2) is 0 Å². The number of hydrogen-bond acceptors (Lipinski definition) is 3. The van der Waals surface area contributed by atoms with Gasteiger partial charge in [-0.1, -0.05) is 25.8 Å². The second kappa shape index (κ2) is 10.9. The molecule has 0 saturated carbocycles. The summed E-state index contributed by atoms with van der Waals surface area (Å²) < 4.78 is 0. The van der Waals surface area contributed by atoms with E-state index in [9.17, 15) is 0 Å². The van der Waals surface area contributed by atoms with Gasteiger partial charge in [-0.2, -0.15) is 25.3 Å². The van der Waals surface area contributed by atoms with Crippen LogP contribution in [0.4, 0.5) is 0 Å². The van der Waals surface area contributed by atoms with Crippen LogP contribution in [0.1, 0.15) is 32.6 Å². The van der Waals surface area contributed by atoms with Gasteiger partial charge in [0.15, 0.2) is 0 Å². The topological polar surface area (TPSA) is 0 Å². The fourth-order valence-corrected chi connectivity index (χ4v) is 2.15. The molecule has 0 fully saturated rings. The first-order valence-corrected chi connectivity index (χ1v) is 7.06. The number of thioether (sulfide) groups is 1. The Labute approximate surface area is 97.8 Å². The minimum Gasteiger partial charge on any atom is -0.178 e. The van der Waals surface area contributed by atoms with Gasteiger partial charge in [-0.15, -0.1) is 11.8 Å². The molecule has 3 heteroatoms. The number of hydrogen-bond donors (Lipinski definition) is 2. The summed E-state index contributed by atoms with van der Waals surface area (Å²) in [5.74, 6) is 1.93. The highest BCUT2D eigenvalue weighted by Gasteiger charge is 1.96. The molecule has 0 bridgehead atoms. The molecule has 0 heterocycles. The van der Waals surface area contributed by atoms with Gasteiger partial charge >= 0.3 is 0 Å². The van der Waals surface area contributed by atoms with E-state index in [1.54, 1.807) is 0 Å². The molecule has 0 spiro atoms. The smallest absolute Gasteiger partial charge is 0.0199 e. The standard InChI is InChI=1S/C10H20S3/c1-2-3-4-5-6-7-13-9-10(12)8-11/h6-7,10-12H,2-5,8-9H2,1H3. The van der Waals surface area contributed by atoms with Crippen LogP contribution in [0, 0.1) is 0 Å². The Bertz CT molecular complexity index is 123. The first-order valence-electron chi connectivity index (χ1n) is 4.86. The minimum atomic E-state index is 0.425. The zero-order valence-corrected chi connectivity index (χ0v) is 10.9. The van der Waals surface area contributed by atoms with Crippen LogP contribution in [0.25, 0.3) is 0 Å². The van der Waals surface area contributed by atoms with E-state index in [0.29, 0.717) is 5.25 Å². The lowest BCUT2D eigenvalue weighted by atomic mass is 10.2. The van der Waals surface area contributed by atoms with Gasteiger partial charge in [0.25, 0.3) is 0 Å². The molecule has 0 N–H and O–H groups in total. The van der Waals surface area contributed by atoms with Crippen molar-refractivity contribution in [1.82, 2.24) is 0 Å². The summed E-state index contributed by atoms with van der Waals surface area (Å²) >= 11 is 10.4. The van der Waals surface area contributed by atoms with Crippen LogP contribution in [-0.4, -0.2) is 16.8 Å². The summed E-state index contributed by atoms with van der Waals surface area (Å²) in [7, 11) is 0. The van der Waals surface area contributed by atoms with Gasteiger partial charge in [0.05, 0.1) is 0 Å². The van der Waals surface area contributed by atoms with Crippen LogP contribution in [-0.2, 0) is 0 Å². The predicted octanol–water partition coefficient (Wildman–Crippen LogP) is 4.04. The number of unbranched alkanes of at least 4 members (excludes halogenated alkanes) is 3. The van der Waals surface area contributed by atoms with Crippen molar-refractivity contribution in [3.05, 3.63) is 11.5 Å². The van der Waals surface area contributed by atoms with Gasteiger partial charge in [0, 0.05) is 16.8 Å². The van der Waals surface area contributed by atoms with Gasteiger partial charge in [-0.05, 0) is 18.2 Å². The maximum atomic E-state index is 4.36. The molecular weight excluding hydrogens is 216 g/mol. The summed E-state index contributed by atoms with van der Waals surface area (Å²) in [5.41, 5.74) is 0. The van der Waals surface area contributed by atoms with Crippen molar-refractivity contribution >= 4 is 37.0 Å². The van der Waals surface area contributed by atoms with Crippen LogP contribution < -0.4 is 0 Å². The number of rotatable bonds is 8. The molecule has 13 heavy (non-hydrogen) atoms. The van der Waals surface area contributed by atoms with E-state index in [1.165, 1.54) is 25.7 Å². The van der Waals surface area contributed by atoms with Crippen molar-refractivity contribution in [1.29, 1.82) is 0 Å². The highest BCUT2D eigenvalue weighted by molar-refractivity contribution is 8.02. The molecule has 0 saturated heterocycles. The van der Waals surface area contributed by atoms with Crippen molar-refractivity contribution < 1.29 is 0 Å². The van der Waals surface area contributed by atoms with Crippen LogP contribution in [0.2, 0.25) is 0 Å². The summed E-state index contributed by atoms with van der Waals surface area (Å²) in [4.78, 5) is 0. The molecule has 0 amide bonds. The monoisotopic (exact) mass is 236 g/mol. The zero-order chi connectivity index (χ0) is 9.94. The highest BCUT2D eigenvalue weighted by Crippen LogP contribution is 2.11. The van der Waals surface area contributed by atoms with Crippen molar-refractivity contribution in [2.75, 3.05) is 11.5 Å². The third-order valence-corrected chi connectivity index (χ3v) is 3.99. The molecule has 78 valence electrons. The molecule has 0 aromatic carbocycles. The Hall–Kier alpha value is 0.790. The maximum absolute atomic E-state index is 4.36. The summed E-state index contributed by atoms with van der Waals surface area (Å²) in [5, 5.41) is 2.62. The Morgan fingerprint density at radius 2 is 2.15 bits per heavy atom. The Morgan fingerprint density at radius 1 is 1.38 bits per heavy atom. The number of allylic oxidation sites excluding steroid dienone is 1. The zero-order valence-electron chi connectivity index (χ0n) is 8.28. The molecule has 0 aliphatic rings. The van der Waals surface area contributed by atoms with E-state index in [0.717, 1.165) is 11.5 Å². The van der Waals surface area contributed by atoms with Crippen molar-refractivity contribution in [3.8, 4) is 0 Å². The fourth-order valence-electron chi connectivity index (χ4n) is 0.868. The van der Waals surface area contributed by atoms with Crippen LogP contribution >= 0.6 is 37.0 Å². The molecule has 0 aliphatic heterocycles. The minimum absolute atomic E-state index is 0.425. The largest absolute Gasteiger partial charge is 0.178 e. The van der Waals surface area contributed by atoms with Gasteiger partial charge in [0.1, 0.15) is 0 Å². The summed E-state index contributed by atoms with van der Waals surface area (Å²) in [6.07, 6.45) is 7.46. The molecule has 0 radical (unpaired) electrons. The maximum Gasteiger partial charge on any atom is 0.0199 e. The second-order valence-corrected chi connectivity index (χ2v) is 5.07. The van der Waals surface area contributed by atoms with Crippen LogP contribution in [0.5, 0.6) is 0 Å². The van der Waals surface area contributed by atoms with Gasteiger partial charge < -0.3 is 0 Å². The number of thiol groups is 2. The normalized spacial score (nSPS) is 13.8. The van der Waals surface area contributed by atoms with E-state index < -0.39 is 0 Å². The van der Waals surface area contributed by atoms with E-state index in [4.69, 9.17) is 0 Å². The van der Waals surface area contributed by atoms with E-state index >= 15 is 0 Å². The van der Waals surface area contributed by atoms with Gasteiger partial charge in [-0.3, -0.25) is 0 Å². The molecule has 0 aromatic rings. The summed E-state index contributed by atoms with van der Waals surface area (Å²) in [6, 6.07) is 0. The highest BCUT2D eigenvalue weighted by atomic mass is 32.2. The Morgan fingerprint density at radius 3 is 2.77 bits per heavy atom. The summed E-state index contributed by atoms with van der Waals surface area (Å²) in [6.45, 7) is 2.23. The molecule has 0 rings (SSSR count). The Balaban J connectivity index is 3.12. The second-order valence-electron chi connectivity index (χ2n) is 3.04. The van der Waals surface area contributed by atoms with E-state index in [2.05, 4.69) is 43.7 Å². The fraction of sp³-hybridized carbons (Fsp3) is 0.800. The third-order valence-electron chi connectivity index (χ3n) is 1.67. The van der Waals surface area contributed by atoms with Crippen molar-refractivity contribution in [2.24, 2.45) is 0 Å². The van der Waals surface area contributed by atoms with E-state index in [1.807, 2.05) is 11.8 Å². The lowest BCUT2D eigenvalue weighted by molar-refractivity contribution is 0.729. The molecule has 0 aliphatic carbocycles. The molecule has 1 unspecified atom stereocenters. The van der Waals surface area contributed by atoms with E-state index in [-0.39, 0.29) is 0 Å². The van der Waals surface area contributed by atoms with Gasteiger partial charge in [0.2, 0.25) is 0 Å². The average Bonchev–Trinajstić information content (AvgIpc) is 2.16. The average molecular weight is 236 g/mol.